The van der Waals surface area contributed by atoms with Gasteiger partial charge >= 0.3 is 0 Å². The second-order valence-corrected chi connectivity index (χ2v) is 8.71. The van der Waals surface area contributed by atoms with E-state index in [1.54, 1.807) is 7.11 Å². The van der Waals surface area contributed by atoms with Crippen LogP contribution in [0.25, 0.3) is 22.2 Å². The second-order valence-electron chi connectivity index (χ2n) is 8.71. The van der Waals surface area contributed by atoms with Crippen LogP contribution >= 0.6 is 0 Å². The molecule has 5 rings (SSSR count). The Kier molecular flexibility index (Phi) is 5.93. The molecule has 32 heavy (non-hydrogen) atoms. The van der Waals surface area contributed by atoms with Crippen molar-refractivity contribution in [3.05, 3.63) is 84.2 Å². The fourth-order valence-electron chi connectivity index (χ4n) is 4.40. The van der Waals surface area contributed by atoms with Crippen LogP contribution in [0.15, 0.2) is 73.1 Å². The van der Waals surface area contributed by atoms with E-state index in [-0.39, 0.29) is 0 Å². The zero-order valence-corrected chi connectivity index (χ0v) is 18.9. The highest BCUT2D eigenvalue weighted by molar-refractivity contribution is 5.82. The lowest BCUT2D eigenvalue weighted by Crippen LogP contribution is -2.43. The summed E-state index contributed by atoms with van der Waals surface area (Å²) < 4.78 is 7.46. The molecule has 0 amide bonds. The number of ether oxygens (including phenoxy) is 1. The minimum Gasteiger partial charge on any atom is -0.497 e. The lowest BCUT2D eigenvalue weighted by Gasteiger charge is -2.32. The maximum absolute atomic E-state index is 5.26. The summed E-state index contributed by atoms with van der Waals surface area (Å²) in [6.07, 6.45) is 4.12. The van der Waals surface area contributed by atoms with Crippen molar-refractivity contribution < 1.29 is 4.74 Å². The first-order valence-corrected chi connectivity index (χ1v) is 11.3. The molecule has 0 N–H and O–H groups in total. The summed E-state index contributed by atoms with van der Waals surface area (Å²) in [4.78, 5) is 9.76. The normalized spacial score (nSPS) is 15.3. The highest BCUT2D eigenvalue weighted by Gasteiger charge is 2.14. The molecule has 0 bridgehead atoms. The zero-order valence-electron chi connectivity index (χ0n) is 18.9. The van der Waals surface area contributed by atoms with Gasteiger partial charge in [-0.2, -0.15) is 0 Å². The van der Waals surface area contributed by atoms with Gasteiger partial charge in [-0.1, -0.05) is 30.3 Å². The van der Waals surface area contributed by atoms with Crippen molar-refractivity contribution in [2.45, 2.75) is 13.1 Å². The molecule has 1 fully saturated rings. The number of hydrogen-bond donors (Lipinski definition) is 0. The van der Waals surface area contributed by atoms with Crippen molar-refractivity contribution in [1.29, 1.82) is 0 Å². The van der Waals surface area contributed by atoms with Crippen LogP contribution in [0.2, 0.25) is 0 Å². The fourth-order valence-corrected chi connectivity index (χ4v) is 4.40. The molecule has 0 atom stereocenters. The zero-order chi connectivity index (χ0) is 21.9. The molecule has 1 aliphatic rings. The number of rotatable bonds is 6. The van der Waals surface area contributed by atoms with Gasteiger partial charge in [-0.25, -0.2) is 4.98 Å². The summed E-state index contributed by atoms with van der Waals surface area (Å²) in [6, 6.07) is 21.5. The Morgan fingerprint density at radius 3 is 2.44 bits per heavy atom. The first kappa shape index (κ1) is 20.7. The van der Waals surface area contributed by atoms with E-state index in [4.69, 9.17) is 9.72 Å². The van der Waals surface area contributed by atoms with Gasteiger partial charge in [-0.15, -0.1) is 0 Å². The van der Waals surface area contributed by atoms with E-state index in [0.717, 1.165) is 50.7 Å². The second kappa shape index (κ2) is 9.15. The quantitative estimate of drug-likeness (QED) is 0.454. The molecular formula is C27H30N4O. The van der Waals surface area contributed by atoms with Crippen LogP contribution in [0, 0.1) is 0 Å². The van der Waals surface area contributed by atoms with E-state index in [1.165, 1.54) is 27.6 Å². The molecule has 0 radical (unpaired) electrons. The number of pyridine rings is 1. The number of benzene rings is 2. The van der Waals surface area contributed by atoms with Crippen molar-refractivity contribution in [2.24, 2.45) is 0 Å². The molecule has 164 valence electrons. The Balaban J connectivity index is 1.34. The molecule has 2 aromatic carbocycles. The van der Waals surface area contributed by atoms with Crippen LogP contribution < -0.4 is 4.74 Å². The summed E-state index contributed by atoms with van der Waals surface area (Å²) in [5.41, 5.74) is 6.00. The molecule has 1 aliphatic heterocycles. The van der Waals surface area contributed by atoms with E-state index in [0.29, 0.717) is 0 Å². The van der Waals surface area contributed by atoms with Crippen molar-refractivity contribution in [3.63, 3.8) is 0 Å². The molecule has 0 saturated carbocycles. The van der Waals surface area contributed by atoms with Crippen LogP contribution in [-0.2, 0) is 13.1 Å². The Morgan fingerprint density at radius 2 is 1.66 bits per heavy atom. The molecule has 3 heterocycles. The standard InChI is InChI=1S/C27H30N4O/c1-29-12-14-30(15-13-29)19-22-4-3-5-23(16-22)25-17-24-10-11-31(27(24)28-18-25)20-21-6-8-26(32-2)9-7-21/h3-11,16-18H,12-15,19-20H2,1-2H3. The number of aromatic nitrogens is 2. The molecule has 0 spiro atoms. The van der Waals surface area contributed by atoms with Crippen molar-refractivity contribution in [1.82, 2.24) is 19.4 Å². The van der Waals surface area contributed by atoms with E-state index in [9.17, 15) is 0 Å². The van der Waals surface area contributed by atoms with Crippen molar-refractivity contribution >= 4 is 11.0 Å². The van der Waals surface area contributed by atoms with Crippen LogP contribution in [0.1, 0.15) is 11.1 Å². The molecule has 5 heteroatoms. The third kappa shape index (κ3) is 4.54. The molecule has 0 unspecified atom stereocenters. The third-order valence-corrected chi connectivity index (χ3v) is 6.38. The fraction of sp³-hybridized carbons (Fsp3) is 0.296. The highest BCUT2D eigenvalue weighted by atomic mass is 16.5. The van der Waals surface area contributed by atoms with E-state index in [1.807, 2.05) is 18.3 Å². The minimum atomic E-state index is 0.792. The van der Waals surface area contributed by atoms with Gasteiger partial charge in [0.2, 0.25) is 0 Å². The van der Waals surface area contributed by atoms with Crippen LogP contribution in [0.3, 0.4) is 0 Å². The number of piperazine rings is 1. The van der Waals surface area contributed by atoms with E-state index >= 15 is 0 Å². The summed E-state index contributed by atoms with van der Waals surface area (Å²) in [5.74, 6) is 0.878. The molecule has 0 aliphatic carbocycles. The Labute approximate surface area is 189 Å². The maximum Gasteiger partial charge on any atom is 0.140 e. The third-order valence-electron chi connectivity index (χ3n) is 6.38. The van der Waals surface area contributed by atoms with Gasteiger partial charge in [0.15, 0.2) is 0 Å². The predicted octanol–water partition coefficient (Wildman–Crippen LogP) is 4.51. The topological polar surface area (TPSA) is 33.5 Å². The average molecular weight is 427 g/mol. The van der Waals surface area contributed by atoms with Gasteiger partial charge in [0, 0.05) is 62.6 Å². The first-order valence-electron chi connectivity index (χ1n) is 11.3. The minimum absolute atomic E-state index is 0.792. The number of nitrogens with zero attached hydrogens (tertiary/aromatic N) is 4. The monoisotopic (exact) mass is 426 g/mol. The summed E-state index contributed by atoms with van der Waals surface area (Å²) >= 11 is 0. The Morgan fingerprint density at radius 1 is 0.844 bits per heavy atom. The van der Waals surface area contributed by atoms with Crippen molar-refractivity contribution in [3.8, 4) is 16.9 Å². The Bertz CT molecular complexity index is 1190. The van der Waals surface area contributed by atoms with Gasteiger partial charge < -0.3 is 14.2 Å². The van der Waals surface area contributed by atoms with Gasteiger partial charge in [-0.3, -0.25) is 4.90 Å². The Hall–Kier alpha value is -3.15. The van der Waals surface area contributed by atoms with E-state index < -0.39 is 0 Å². The van der Waals surface area contributed by atoms with E-state index in [2.05, 4.69) is 76.1 Å². The molecular weight excluding hydrogens is 396 g/mol. The summed E-state index contributed by atoms with van der Waals surface area (Å²) in [6.45, 7) is 6.36. The summed E-state index contributed by atoms with van der Waals surface area (Å²) in [7, 11) is 3.89. The van der Waals surface area contributed by atoms with Gasteiger partial charge in [0.05, 0.1) is 7.11 Å². The molecule has 1 saturated heterocycles. The first-order chi connectivity index (χ1) is 15.7. The summed E-state index contributed by atoms with van der Waals surface area (Å²) in [5, 5.41) is 1.17. The SMILES string of the molecule is COc1ccc(Cn2ccc3cc(-c4cccc(CN5CCN(C)CC5)c4)cnc32)cc1. The predicted molar refractivity (Wildman–Crippen MR) is 130 cm³/mol. The molecule has 2 aromatic heterocycles. The molecule has 4 aromatic rings. The van der Waals surface area contributed by atoms with Gasteiger partial charge in [0.1, 0.15) is 11.4 Å². The number of hydrogen-bond acceptors (Lipinski definition) is 4. The highest BCUT2D eigenvalue weighted by Crippen LogP contribution is 2.25. The number of fused-ring (bicyclic) bond motifs is 1. The molecule has 5 nitrogen and oxygen atoms in total. The lowest BCUT2D eigenvalue weighted by molar-refractivity contribution is 0.148. The lowest BCUT2D eigenvalue weighted by atomic mass is 10.0. The number of likely N-dealkylation sites (N-methyl/N-ethyl adjacent to an activating group) is 1. The van der Waals surface area contributed by atoms with Crippen LogP contribution in [-0.4, -0.2) is 59.7 Å². The van der Waals surface area contributed by atoms with Crippen LogP contribution in [0.5, 0.6) is 5.75 Å². The number of methoxy groups -OCH3 is 1. The van der Waals surface area contributed by atoms with Crippen molar-refractivity contribution in [2.75, 3.05) is 40.3 Å². The van der Waals surface area contributed by atoms with Gasteiger partial charge in [-0.05, 0) is 54.1 Å². The maximum atomic E-state index is 5.26. The smallest absolute Gasteiger partial charge is 0.140 e. The largest absolute Gasteiger partial charge is 0.497 e. The van der Waals surface area contributed by atoms with Crippen LogP contribution in [0.4, 0.5) is 0 Å². The van der Waals surface area contributed by atoms with Gasteiger partial charge in [0.25, 0.3) is 0 Å². The average Bonchev–Trinajstić information content (AvgIpc) is 3.23.